The summed E-state index contributed by atoms with van der Waals surface area (Å²) >= 11 is 0. The molecule has 0 amide bonds. The van der Waals surface area contributed by atoms with Gasteiger partial charge < -0.3 is 14.0 Å². The van der Waals surface area contributed by atoms with Crippen LogP contribution in [0.5, 0.6) is 5.75 Å². The lowest BCUT2D eigenvalue weighted by atomic mass is 10.2. The summed E-state index contributed by atoms with van der Waals surface area (Å²) in [6, 6.07) is 8.22. The molecule has 3 aromatic rings. The molecule has 5 nitrogen and oxygen atoms in total. The number of imidazole rings is 1. The van der Waals surface area contributed by atoms with Gasteiger partial charge in [0.2, 0.25) is 6.43 Å². The summed E-state index contributed by atoms with van der Waals surface area (Å²) in [5, 5.41) is 0. The highest BCUT2D eigenvalue weighted by molar-refractivity contribution is 6.76. The smallest absolute Gasteiger partial charge is 0.241 e. The van der Waals surface area contributed by atoms with E-state index in [2.05, 4.69) is 29.6 Å². The predicted molar refractivity (Wildman–Crippen MR) is 124 cm³/mol. The van der Waals surface area contributed by atoms with Gasteiger partial charge in [0.25, 0.3) is 0 Å². The standard InChI is InChI=1S/C23H27F4N3O2Si/c1-33(2,3)9-8-31-15-30-14-29-21-10-16(4-5-22(21)30)28-13-18-19(24)11-17(12-20(18)25)32-7-6-23(26)27/h4-5,10-14,23H,6-9,15H2,1-3H3/b28-13-. The first kappa shape index (κ1) is 24.9. The maximum Gasteiger partial charge on any atom is 0.241 e. The Morgan fingerprint density at radius 2 is 1.82 bits per heavy atom. The summed E-state index contributed by atoms with van der Waals surface area (Å²) in [7, 11) is -1.15. The van der Waals surface area contributed by atoms with Crippen molar-refractivity contribution in [3.8, 4) is 5.75 Å². The number of nitrogens with zero attached hydrogens (tertiary/aromatic N) is 3. The Hall–Kier alpha value is -2.72. The van der Waals surface area contributed by atoms with E-state index in [1.54, 1.807) is 18.5 Å². The third kappa shape index (κ3) is 7.39. The summed E-state index contributed by atoms with van der Waals surface area (Å²) in [6.07, 6.45) is -0.309. The van der Waals surface area contributed by atoms with Crippen LogP contribution in [-0.2, 0) is 11.5 Å². The normalized spacial score (nSPS) is 12.4. The molecule has 0 saturated heterocycles. The number of halogens is 4. The number of alkyl halides is 2. The van der Waals surface area contributed by atoms with Crippen molar-refractivity contribution in [2.45, 2.75) is 45.3 Å². The number of aromatic nitrogens is 2. The largest absolute Gasteiger partial charge is 0.493 e. The van der Waals surface area contributed by atoms with E-state index in [1.165, 1.54) is 0 Å². The van der Waals surface area contributed by atoms with Crippen molar-refractivity contribution in [3.05, 3.63) is 53.9 Å². The van der Waals surface area contributed by atoms with Gasteiger partial charge in [-0.1, -0.05) is 19.6 Å². The molecule has 33 heavy (non-hydrogen) atoms. The van der Waals surface area contributed by atoms with Crippen LogP contribution in [0.1, 0.15) is 12.0 Å². The van der Waals surface area contributed by atoms with E-state index in [0.717, 1.165) is 29.9 Å². The van der Waals surface area contributed by atoms with Crippen molar-refractivity contribution in [2.75, 3.05) is 13.2 Å². The van der Waals surface area contributed by atoms with E-state index in [1.807, 2.05) is 10.6 Å². The van der Waals surface area contributed by atoms with Crippen LogP contribution in [0.4, 0.5) is 23.2 Å². The molecule has 0 fully saturated rings. The minimum absolute atomic E-state index is 0.151. The molecule has 2 aromatic carbocycles. The third-order valence-corrected chi connectivity index (χ3v) is 6.54. The van der Waals surface area contributed by atoms with Gasteiger partial charge in [-0.2, -0.15) is 0 Å². The van der Waals surface area contributed by atoms with Crippen LogP contribution in [0.25, 0.3) is 11.0 Å². The molecule has 1 heterocycles. The Kier molecular flexibility index (Phi) is 8.25. The molecule has 0 spiro atoms. The van der Waals surface area contributed by atoms with E-state index in [-0.39, 0.29) is 17.9 Å². The van der Waals surface area contributed by atoms with Gasteiger partial charge in [-0.05, 0) is 24.2 Å². The monoisotopic (exact) mass is 481 g/mol. The molecule has 0 N–H and O–H groups in total. The molecule has 0 radical (unpaired) electrons. The molecule has 0 atom stereocenters. The second kappa shape index (κ2) is 10.9. The zero-order valence-corrected chi connectivity index (χ0v) is 19.8. The van der Waals surface area contributed by atoms with Crippen molar-refractivity contribution in [3.63, 3.8) is 0 Å². The van der Waals surface area contributed by atoms with E-state index in [9.17, 15) is 17.6 Å². The molecule has 3 rings (SSSR count). The fraction of sp³-hybridized carbons (Fsp3) is 0.391. The second-order valence-electron chi connectivity index (χ2n) is 8.82. The molecule has 10 heteroatoms. The zero-order valence-electron chi connectivity index (χ0n) is 18.8. The lowest BCUT2D eigenvalue weighted by Gasteiger charge is -2.15. The number of ether oxygens (including phenoxy) is 2. The van der Waals surface area contributed by atoms with E-state index in [0.29, 0.717) is 24.5 Å². The highest BCUT2D eigenvalue weighted by atomic mass is 28.3. The lowest BCUT2D eigenvalue weighted by Crippen LogP contribution is -2.21. The molecule has 0 aliphatic rings. The summed E-state index contributed by atoms with van der Waals surface area (Å²) < 4.78 is 65.6. The van der Waals surface area contributed by atoms with Crippen molar-refractivity contribution < 1.29 is 27.0 Å². The van der Waals surface area contributed by atoms with Crippen molar-refractivity contribution in [2.24, 2.45) is 4.99 Å². The van der Waals surface area contributed by atoms with Crippen molar-refractivity contribution in [1.82, 2.24) is 9.55 Å². The number of fused-ring (bicyclic) bond motifs is 1. The molecule has 0 saturated carbocycles. The SMILES string of the molecule is C[Si](C)(C)CCOCn1cnc2cc(/N=C\c3c(F)cc(OCCC(F)F)cc3F)ccc21. The van der Waals surface area contributed by atoms with E-state index < -0.39 is 32.6 Å². The molecule has 1 aromatic heterocycles. The van der Waals surface area contributed by atoms with Gasteiger partial charge >= 0.3 is 0 Å². The maximum absolute atomic E-state index is 14.3. The third-order valence-electron chi connectivity index (χ3n) is 4.83. The van der Waals surface area contributed by atoms with Gasteiger partial charge in [0.1, 0.15) is 24.1 Å². The maximum atomic E-state index is 14.3. The molecule has 0 unspecified atom stereocenters. The van der Waals surface area contributed by atoms with Gasteiger partial charge in [-0.15, -0.1) is 0 Å². The highest BCUT2D eigenvalue weighted by Gasteiger charge is 2.13. The first-order valence-corrected chi connectivity index (χ1v) is 14.3. The number of rotatable bonds is 11. The number of hydrogen-bond donors (Lipinski definition) is 0. The Labute approximate surface area is 191 Å². The highest BCUT2D eigenvalue weighted by Crippen LogP contribution is 2.23. The predicted octanol–water partition coefficient (Wildman–Crippen LogP) is 6.41. The number of aliphatic imine (C=N–C) groups is 1. The molecule has 0 aliphatic heterocycles. The Balaban J connectivity index is 1.66. The van der Waals surface area contributed by atoms with Crippen LogP contribution in [0.2, 0.25) is 25.7 Å². The average molecular weight is 482 g/mol. The van der Waals surface area contributed by atoms with Gasteiger partial charge in [0.15, 0.2) is 0 Å². The van der Waals surface area contributed by atoms with Crippen LogP contribution in [0.15, 0.2) is 41.7 Å². The Morgan fingerprint density at radius 3 is 2.48 bits per heavy atom. The fourth-order valence-corrected chi connectivity index (χ4v) is 3.71. The number of hydrogen-bond acceptors (Lipinski definition) is 4. The number of benzene rings is 2. The van der Waals surface area contributed by atoms with Crippen LogP contribution >= 0.6 is 0 Å². The van der Waals surface area contributed by atoms with Crippen LogP contribution in [0.3, 0.4) is 0 Å². The molecule has 0 aliphatic carbocycles. The minimum Gasteiger partial charge on any atom is -0.493 e. The molecular formula is C23H27F4N3O2Si. The second-order valence-corrected chi connectivity index (χ2v) is 14.4. The Bertz CT molecular complexity index is 1090. The van der Waals surface area contributed by atoms with Crippen LogP contribution in [0, 0.1) is 11.6 Å². The van der Waals surface area contributed by atoms with Gasteiger partial charge in [-0.25, -0.2) is 22.5 Å². The van der Waals surface area contributed by atoms with Crippen LogP contribution < -0.4 is 4.74 Å². The van der Waals surface area contributed by atoms with Crippen LogP contribution in [-0.4, -0.2) is 43.5 Å². The Morgan fingerprint density at radius 1 is 1.09 bits per heavy atom. The van der Waals surface area contributed by atoms with Gasteiger partial charge in [-0.3, -0.25) is 4.99 Å². The van der Waals surface area contributed by atoms with Gasteiger partial charge in [0, 0.05) is 39.4 Å². The summed E-state index contributed by atoms with van der Waals surface area (Å²) in [6.45, 7) is 7.64. The van der Waals surface area contributed by atoms with Crippen molar-refractivity contribution in [1.29, 1.82) is 0 Å². The molecule has 178 valence electrons. The average Bonchev–Trinajstić information content (AvgIpc) is 3.12. The zero-order chi connectivity index (χ0) is 24.0. The first-order chi connectivity index (χ1) is 15.6. The van der Waals surface area contributed by atoms with E-state index in [4.69, 9.17) is 9.47 Å². The quantitative estimate of drug-likeness (QED) is 0.138. The fourth-order valence-electron chi connectivity index (χ4n) is 2.95. The summed E-state index contributed by atoms with van der Waals surface area (Å²) in [4.78, 5) is 8.50. The van der Waals surface area contributed by atoms with E-state index >= 15 is 0 Å². The first-order valence-electron chi connectivity index (χ1n) is 10.6. The van der Waals surface area contributed by atoms with Gasteiger partial charge in [0.05, 0.1) is 35.2 Å². The summed E-state index contributed by atoms with van der Waals surface area (Å²) in [5.74, 6) is -1.94. The van der Waals surface area contributed by atoms with Crippen molar-refractivity contribution >= 4 is 31.0 Å². The topological polar surface area (TPSA) is 48.6 Å². The molecular weight excluding hydrogens is 454 g/mol. The lowest BCUT2D eigenvalue weighted by molar-refractivity contribution is 0.0898. The minimum atomic E-state index is -2.54. The summed E-state index contributed by atoms with van der Waals surface area (Å²) in [5.41, 5.74) is 1.67. The molecule has 0 bridgehead atoms.